The number of carbonyl (C=O) groups excluding carboxylic acids is 1. The van der Waals surface area contributed by atoms with E-state index in [2.05, 4.69) is 18.3 Å². The van der Waals surface area contributed by atoms with E-state index in [1.165, 1.54) is 17.3 Å². The molecule has 33 heavy (non-hydrogen) atoms. The van der Waals surface area contributed by atoms with Crippen LogP contribution < -0.4 is 5.32 Å². The van der Waals surface area contributed by atoms with Crippen molar-refractivity contribution < 1.29 is 4.79 Å². The van der Waals surface area contributed by atoms with Gasteiger partial charge in [0, 0.05) is 22.0 Å². The van der Waals surface area contributed by atoms with Crippen molar-refractivity contribution in [1.29, 1.82) is 0 Å². The average Bonchev–Trinajstić information content (AvgIpc) is 2.87. The topological polar surface area (TPSA) is 54.9 Å². The van der Waals surface area contributed by atoms with Crippen LogP contribution in [-0.2, 0) is 11.2 Å². The van der Waals surface area contributed by atoms with Crippen molar-refractivity contribution in [2.75, 3.05) is 11.1 Å². The molecule has 0 radical (unpaired) electrons. The van der Waals surface area contributed by atoms with Gasteiger partial charge in [-0.05, 0) is 23.4 Å². The van der Waals surface area contributed by atoms with E-state index in [4.69, 9.17) is 9.97 Å². The number of thioether (sulfide) groups is 1. The first-order valence-electron chi connectivity index (χ1n) is 11.0. The monoisotopic (exact) mass is 449 g/mol. The number of aryl methyl sites for hydroxylation is 1. The lowest BCUT2D eigenvalue weighted by Crippen LogP contribution is -2.14. The maximum Gasteiger partial charge on any atom is 0.234 e. The Bertz CT molecular complexity index is 1450. The third kappa shape index (κ3) is 4.45. The molecular formula is C28H23N3OS. The van der Waals surface area contributed by atoms with Gasteiger partial charge >= 0.3 is 0 Å². The summed E-state index contributed by atoms with van der Waals surface area (Å²) in [5.74, 6) is 0.886. The molecule has 0 aliphatic carbocycles. The average molecular weight is 450 g/mol. The smallest absolute Gasteiger partial charge is 0.234 e. The number of benzene rings is 4. The van der Waals surface area contributed by atoms with Crippen LogP contribution in [0.25, 0.3) is 33.1 Å². The van der Waals surface area contributed by atoms with Gasteiger partial charge in [0.2, 0.25) is 5.91 Å². The molecule has 4 nitrogen and oxygen atoms in total. The molecule has 5 heteroatoms. The van der Waals surface area contributed by atoms with Crippen LogP contribution in [-0.4, -0.2) is 21.6 Å². The molecule has 0 saturated heterocycles. The minimum atomic E-state index is -0.0592. The number of anilines is 1. The fourth-order valence-electron chi connectivity index (χ4n) is 3.95. The summed E-state index contributed by atoms with van der Waals surface area (Å²) in [5.41, 5.74) is 3.91. The number of nitrogens with one attached hydrogen (secondary N) is 1. The number of para-hydroxylation sites is 1. The van der Waals surface area contributed by atoms with Crippen molar-refractivity contribution in [3.63, 3.8) is 0 Å². The van der Waals surface area contributed by atoms with Gasteiger partial charge < -0.3 is 5.32 Å². The first-order chi connectivity index (χ1) is 16.2. The fraction of sp³-hybridized carbons (Fsp3) is 0.107. The molecule has 1 heterocycles. The van der Waals surface area contributed by atoms with Crippen LogP contribution in [0.1, 0.15) is 12.5 Å². The molecule has 1 N–H and O–H groups in total. The second kappa shape index (κ2) is 9.43. The number of aromatic nitrogens is 2. The number of carbonyl (C=O) groups is 1. The SMILES string of the molecule is CCc1cccc2c(SCC(=O)Nc3cccc4ccccc34)nc(-c3ccccc3)nc12. The van der Waals surface area contributed by atoms with Crippen LogP contribution in [0.3, 0.4) is 0 Å². The van der Waals surface area contributed by atoms with Crippen LogP contribution in [0.4, 0.5) is 5.69 Å². The number of nitrogens with zero attached hydrogens (tertiary/aromatic N) is 2. The molecule has 1 amide bonds. The number of fused-ring (bicyclic) bond motifs is 2. The molecule has 5 rings (SSSR count). The highest BCUT2D eigenvalue weighted by Gasteiger charge is 2.14. The highest BCUT2D eigenvalue weighted by atomic mass is 32.2. The number of rotatable bonds is 6. The number of hydrogen-bond donors (Lipinski definition) is 1. The Morgan fingerprint density at radius 1 is 0.818 bits per heavy atom. The van der Waals surface area contributed by atoms with E-state index >= 15 is 0 Å². The summed E-state index contributed by atoms with van der Waals surface area (Å²) < 4.78 is 0. The van der Waals surface area contributed by atoms with Crippen LogP contribution >= 0.6 is 11.8 Å². The normalized spacial score (nSPS) is 11.1. The van der Waals surface area contributed by atoms with Gasteiger partial charge in [0.15, 0.2) is 5.82 Å². The Morgan fingerprint density at radius 3 is 2.39 bits per heavy atom. The Balaban J connectivity index is 1.45. The van der Waals surface area contributed by atoms with E-state index in [1.54, 1.807) is 0 Å². The van der Waals surface area contributed by atoms with Gasteiger partial charge in [0.1, 0.15) is 5.03 Å². The third-order valence-electron chi connectivity index (χ3n) is 5.59. The Kier molecular flexibility index (Phi) is 6.05. The maximum absolute atomic E-state index is 12.9. The summed E-state index contributed by atoms with van der Waals surface area (Å²) in [6.45, 7) is 2.13. The molecule has 0 atom stereocenters. The first-order valence-corrected chi connectivity index (χ1v) is 12.0. The predicted molar refractivity (Wildman–Crippen MR) is 138 cm³/mol. The molecule has 0 unspecified atom stereocenters. The quantitative estimate of drug-likeness (QED) is 0.230. The zero-order chi connectivity index (χ0) is 22.6. The molecule has 0 fully saturated rings. The van der Waals surface area contributed by atoms with Crippen molar-refractivity contribution in [3.05, 3.63) is 96.6 Å². The molecule has 162 valence electrons. The lowest BCUT2D eigenvalue weighted by Gasteiger charge is -2.12. The van der Waals surface area contributed by atoms with Crippen molar-refractivity contribution >= 4 is 45.0 Å². The third-order valence-corrected chi connectivity index (χ3v) is 6.58. The van der Waals surface area contributed by atoms with E-state index in [1.807, 2.05) is 84.9 Å². The molecule has 0 saturated carbocycles. The van der Waals surface area contributed by atoms with Gasteiger partial charge in [-0.25, -0.2) is 9.97 Å². The molecule has 0 spiro atoms. The lowest BCUT2D eigenvalue weighted by atomic mass is 10.1. The van der Waals surface area contributed by atoms with Gasteiger partial charge in [-0.15, -0.1) is 0 Å². The standard InChI is InChI=1S/C28H23N3OS/c1-2-19-13-8-16-23-26(19)30-27(21-11-4-3-5-12-21)31-28(23)33-18-25(32)29-24-17-9-14-20-10-6-7-15-22(20)24/h3-17H,2,18H2,1H3,(H,29,32). The summed E-state index contributed by atoms with van der Waals surface area (Å²) in [6.07, 6.45) is 0.883. The van der Waals surface area contributed by atoms with Gasteiger partial charge in [-0.1, -0.05) is 104 Å². The van der Waals surface area contributed by atoms with E-state index in [0.29, 0.717) is 5.82 Å². The van der Waals surface area contributed by atoms with Crippen LogP contribution in [0.15, 0.2) is 96.0 Å². The summed E-state index contributed by atoms with van der Waals surface area (Å²) in [6, 6.07) is 30.1. The minimum absolute atomic E-state index is 0.0592. The van der Waals surface area contributed by atoms with Crippen LogP contribution in [0, 0.1) is 0 Å². The molecule has 1 aromatic heterocycles. The van der Waals surface area contributed by atoms with Gasteiger partial charge in [0.25, 0.3) is 0 Å². The highest BCUT2D eigenvalue weighted by Crippen LogP contribution is 2.31. The van der Waals surface area contributed by atoms with Crippen molar-refractivity contribution in [2.45, 2.75) is 18.4 Å². The van der Waals surface area contributed by atoms with E-state index in [0.717, 1.165) is 44.4 Å². The second-order valence-corrected chi connectivity index (χ2v) is 8.71. The Morgan fingerprint density at radius 2 is 1.55 bits per heavy atom. The van der Waals surface area contributed by atoms with E-state index in [9.17, 15) is 4.79 Å². The van der Waals surface area contributed by atoms with Crippen molar-refractivity contribution in [1.82, 2.24) is 9.97 Å². The minimum Gasteiger partial charge on any atom is -0.325 e. The molecule has 0 aliphatic heterocycles. The zero-order valence-electron chi connectivity index (χ0n) is 18.3. The first kappa shape index (κ1) is 21.2. The van der Waals surface area contributed by atoms with Gasteiger partial charge in [-0.2, -0.15) is 0 Å². The number of amides is 1. The highest BCUT2D eigenvalue weighted by molar-refractivity contribution is 8.00. The molecule has 0 aliphatic rings. The van der Waals surface area contributed by atoms with Crippen LogP contribution in [0.2, 0.25) is 0 Å². The summed E-state index contributed by atoms with van der Waals surface area (Å²) in [7, 11) is 0. The fourth-order valence-corrected chi connectivity index (χ4v) is 4.76. The Hall–Kier alpha value is -3.70. The summed E-state index contributed by atoms with van der Waals surface area (Å²) >= 11 is 1.45. The van der Waals surface area contributed by atoms with Crippen molar-refractivity contribution in [3.8, 4) is 11.4 Å². The summed E-state index contributed by atoms with van der Waals surface area (Å²) in [5, 5.41) is 7.01. The summed E-state index contributed by atoms with van der Waals surface area (Å²) in [4.78, 5) is 22.6. The second-order valence-electron chi connectivity index (χ2n) is 7.75. The van der Waals surface area contributed by atoms with E-state index in [-0.39, 0.29) is 11.7 Å². The predicted octanol–water partition coefficient (Wildman–Crippen LogP) is 6.74. The molecular weight excluding hydrogens is 426 g/mol. The van der Waals surface area contributed by atoms with Gasteiger partial charge in [-0.3, -0.25) is 4.79 Å². The zero-order valence-corrected chi connectivity index (χ0v) is 19.1. The van der Waals surface area contributed by atoms with Gasteiger partial charge in [0.05, 0.1) is 11.3 Å². The lowest BCUT2D eigenvalue weighted by molar-refractivity contribution is -0.113. The van der Waals surface area contributed by atoms with Crippen molar-refractivity contribution in [2.24, 2.45) is 0 Å². The Labute approximate surface area is 197 Å². The molecule has 0 bridgehead atoms. The number of hydrogen-bond acceptors (Lipinski definition) is 4. The molecule has 5 aromatic rings. The molecule has 4 aromatic carbocycles. The van der Waals surface area contributed by atoms with E-state index < -0.39 is 0 Å². The van der Waals surface area contributed by atoms with Crippen LogP contribution in [0.5, 0.6) is 0 Å². The largest absolute Gasteiger partial charge is 0.325 e. The maximum atomic E-state index is 12.9.